The second kappa shape index (κ2) is 5.15. The molecule has 2 rings (SSSR count). The number of nitrogens with one attached hydrogen (secondary N) is 1. The standard InChI is InChI=1S/C13H11N3O2/c1-2-18-13(17)12-7-11(15-16-12)10-6-4-3-5-9(10)8-14/h3-7H,2H2,1H3,(H,15,16). The van der Waals surface area contributed by atoms with Crippen molar-refractivity contribution >= 4 is 5.97 Å². The van der Waals surface area contributed by atoms with Gasteiger partial charge in [-0.2, -0.15) is 10.4 Å². The molecule has 0 aliphatic heterocycles. The minimum absolute atomic E-state index is 0.277. The maximum absolute atomic E-state index is 11.5. The number of benzene rings is 1. The minimum Gasteiger partial charge on any atom is -0.461 e. The molecule has 90 valence electrons. The van der Waals surface area contributed by atoms with Gasteiger partial charge in [-0.3, -0.25) is 5.10 Å². The minimum atomic E-state index is -0.453. The van der Waals surface area contributed by atoms with Crippen molar-refractivity contribution in [1.82, 2.24) is 10.2 Å². The van der Waals surface area contributed by atoms with Gasteiger partial charge in [-0.1, -0.05) is 18.2 Å². The molecule has 5 heteroatoms. The first-order chi connectivity index (χ1) is 8.76. The molecule has 0 saturated heterocycles. The highest BCUT2D eigenvalue weighted by molar-refractivity contribution is 5.88. The van der Waals surface area contributed by atoms with E-state index in [1.807, 2.05) is 6.07 Å². The lowest BCUT2D eigenvalue weighted by atomic mass is 10.1. The molecule has 2 aromatic rings. The van der Waals surface area contributed by atoms with Gasteiger partial charge in [0.25, 0.3) is 0 Å². The number of H-pyrrole nitrogens is 1. The highest BCUT2D eigenvalue weighted by Gasteiger charge is 2.13. The molecule has 0 unspecified atom stereocenters. The van der Waals surface area contributed by atoms with E-state index >= 15 is 0 Å². The summed E-state index contributed by atoms with van der Waals surface area (Å²) >= 11 is 0. The van der Waals surface area contributed by atoms with E-state index in [-0.39, 0.29) is 5.69 Å². The lowest BCUT2D eigenvalue weighted by Gasteiger charge is -1.98. The SMILES string of the molecule is CCOC(=O)c1cc(-c2ccccc2C#N)n[nH]1. The number of aromatic amines is 1. The summed E-state index contributed by atoms with van der Waals surface area (Å²) in [5.74, 6) is -0.453. The Balaban J connectivity index is 2.36. The van der Waals surface area contributed by atoms with Crippen molar-refractivity contribution in [3.63, 3.8) is 0 Å². The molecular formula is C13H11N3O2. The molecule has 1 aromatic heterocycles. The molecule has 0 bridgehead atoms. The van der Waals surface area contributed by atoms with Gasteiger partial charge in [0.1, 0.15) is 5.69 Å². The van der Waals surface area contributed by atoms with Crippen molar-refractivity contribution in [2.24, 2.45) is 0 Å². The smallest absolute Gasteiger partial charge is 0.356 e. The van der Waals surface area contributed by atoms with Crippen LogP contribution in [0.4, 0.5) is 0 Å². The lowest BCUT2D eigenvalue weighted by Crippen LogP contribution is -2.04. The molecule has 1 aromatic carbocycles. The van der Waals surface area contributed by atoms with Crippen molar-refractivity contribution in [3.8, 4) is 17.3 Å². The van der Waals surface area contributed by atoms with E-state index in [1.165, 1.54) is 0 Å². The van der Waals surface area contributed by atoms with Crippen LogP contribution in [0.25, 0.3) is 11.3 Å². The molecule has 0 aliphatic carbocycles. The summed E-state index contributed by atoms with van der Waals surface area (Å²) in [4.78, 5) is 11.5. The fraction of sp³-hybridized carbons (Fsp3) is 0.154. The van der Waals surface area contributed by atoms with E-state index in [1.54, 1.807) is 31.2 Å². The molecule has 0 aliphatic rings. The van der Waals surface area contributed by atoms with E-state index in [2.05, 4.69) is 16.3 Å². The molecule has 0 atom stereocenters. The Labute approximate surface area is 104 Å². The zero-order valence-corrected chi connectivity index (χ0v) is 9.80. The van der Waals surface area contributed by atoms with Gasteiger partial charge in [0.15, 0.2) is 0 Å². The van der Waals surface area contributed by atoms with E-state index < -0.39 is 5.97 Å². The molecule has 0 amide bonds. The molecule has 0 saturated carbocycles. The zero-order chi connectivity index (χ0) is 13.0. The summed E-state index contributed by atoms with van der Waals surface area (Å²) in [5.41, 5.74) is 2.03. The number of carbonyl (C=O) groups is 1. The quantitative estimate of drug-likeness (QED) is 0.835. The summed E-state index contributed by atoms with van der Waals surface area (Å²) < 4.78 is 4.86. The van der Waals surface area contributed by atoms with Gasteiger partial charge in [-0.25, -0.2) is 4.79 Å². The molecule has 1 heterocycles. The summed E-state index contributed by atoms with van der Waals surface area (Å²) in [7, 11) is 0. The van der Waals surface area contributed by atoms with Gasteiger partial charge < -0.3 is 4.74 Å². The monoisotopic (exact) mass is 241 g/mol. The van der Waals surface area contributed by atoms with Gasteiger partial charge >= 0.3 is 5.97 Å². The number of esters is 1. The average Bonchev–Trinajstić information content (AvgIpc) is 2.88. The molecule has 0 spiro atoms. The van der Waals surface area contributed by atoms with Crippen LogP contribution in [0, 0.1) is 11.3 Å². The van der Waals surface area contributed by atoms with Crippen LogP contribution in [0.1, 0.15) is 23.0 Å². The predicted molar refractivity (Wildman–Crippen MR) is 64.7 cm³/mol. The van der Waals surface area contributed by atoms with Crippen LogP contribution in [0.15, 0.2) is 30.3 Å². The van der Waals surface area contributed by atoms with Crippen molar-refractivity contribution in [2.75, 3.05) is 6.61 Å². The maximum atomic E-state index is 11.5. The van der Waals surface area contributed by atoms with E-state index in [0.29, 0.717) is 23.4 Å². The van der Waals surface area contributed by atoms with Crippen molar-refractivity contribution in [2.45, 2.75) is 6.92 Å². The van der Waals surface area contributed by atoms with Crippen LogP contribution in [0.5, 0.6) is 0 Å². The molecule has 5 nitrogen and oxygen atoms in total. The van der Waals surface area contributed by atoms with E-state index in [4.69, 9.17) is 10.00 Å². The highest BCUT2D eigenvalue weighted by atomic mass is 16.5. The maximum Gasteiger partial charge on any atom is 0.356 e. The Morgan fingerprint density at radius 3 is 3.00 bits per heavy atom. The van der Waals surface area contributed by atoms with Gasteiger partial charge in [-0.15, -0.1) is 0 Å². The van der Waals surface area contributed by atoms with Gasteiger partial charge in [0.2, 0.25) is 0 Å². The van der Waals surface area contributed by atoms with Gasteiger partial charge in [0, 0.05) is 5.56 Å². The van der Waals surface area contributed by atoms with Crippen LogP contribution < -0.4 is 0 Å². The molecule has 0 radical (unpaired) electrons. The van der Waals surface area contributed by atoms with Gasteiger partial charge in [-0.05, 0) is 19.1 Å². The topological polar surface area (TPSA) is 78.8 Å². The third-order valence-corrected chi connectivity index (χ3v) is 2.40. The van der Waals surface area contributed by atoms with E-state index in [0.717, 1.165) is 0 Å². The normalized spacial score (nSPS) is 9.78. The van der Waals surface area contributed by atoms with Crippen LogP contribution in [0.2, 0.25) is 0 Å². The Bertz CT molecular complexity index is 611. The van der Waals surface area contributed by atoms with Crippen molar-refractivity contribution < 1.29 is 9.53 Å². The highest BCUT2D eigenvalue weighted by Crippen LogP contribution is 2.21. The third kappa shape index (κ3) is 2.23. The Hall–Kier alpha value is -2.61. The fourth-order valence-electron chi connectivity index (χ4n) is 1.58. The van der Waals surface area contributed by atoms with E-state index in [9.17, 15) is 4.79 Å². The number of carbonyl (C=O) groups excluding carboxylic acids is 1. The number of aromatic nitrogens is 2. The molecule has 1 N–H and O–H groups in total. The zero-order valence-electron chi connectivity index (χ0n) is 9.80. The second-order valence-corrected chi connectivity index (χ2v) is 3.54. The number of rotatable bonds is 3. The number of hydrogen-bond donors (Lipinski definition) is 1. The summed E-state index contributed by atoms with van der Waals surface area (Å²) in [5, 5.41) is 15.6. The third-order valence-electron chi connectivity index (χ3n) is 2.40. The number of hydrogen-bond acceptors (Lipinski definition) is 4. The summed E-state index contributed by atoms with van der Waals surface area (Å²) in [6.45, 7) is 2.04. The lowest BCUT2D eigenvalue weighted by molar-refractivity contribution is 0.0519. The van der Waals surface area contributed by atoms with Crippen molar-refractivity contribution in [1.29, 1.82) is 5.26 Å². The Kier molecular flexibility index (Phi) is 3.39. The molecule has 18 heavy (non-hydrogen) atoms. The van der Waals surface area contributed by atoms with Gasteiger partial charge in [0.05, 0.1) is 23.9 Å². The summed E-state index contributed by atoms with van der Waals surface area (Å²) in [6.07, 6.45) is 0. The molecular weight excluding hydrogens is 230 g/mol. The summed E-state index contributed by atoms with van der Waals surface area (Å²) in [6, 6.07) is 10.7. The largest absolute Gasteiger partial charge is 0.461 e. The first-order valence-electron chi connectivity index (χ1n) is 5.48. The first-order valence-corrected chi connectivity index (χ1v) is 5.48. The number of nitriles is 1. The fourth-order valence-corrected chi connectivity index (χ4v) is 1.58. The Morgan fingerprint density at radius 2 is 2.28 bits per heavy atom. The van der Waals surface area contributed by atoms with Crippen LogP contribution >= 0.6 is 0 Å². The first kappa shape index (κ1) is 11.9. The predicted octanol–water partition coefficient (Wildman–Crippen LogP) is 2.13. The Morgan fingerprint density at radius 1 is 1.50 bits per heavy atom. The molecule has 0 fully saturated rings. The number of nitrogens with zero attached hydrogens (tertiary/aromatic N) is 2. The number of ether oxygens (including phenoxy) is 1. The average molecular weight is 241 g/mol. The van der Waals surface area contributed by atoms with Crippen LogP contribution in [-0.4, -0.2) is 22.8 Å². The van der Waals surface area contributed by atoms with Crippen LogP contribution in [0.3, 0.4) is 0 Å². The second-order valence-electron chi connectivity index (χ2n) is 3.54. The van der Waals surface area contributed by atoms with Crippen molar-refractivity contribution in [3.05, 3.63) is 41.6 Å². The van der Waals surface area contributed by atoms with Crippen LogP contribution in [-0.2, 0) is 4.74 Å².